The summed E-state index contributed by atoms with van der Waals surface area (Å²) in [6.07, 6.45) is -14.6. The molecule has 0 radical (unpaired) electrons. The standard InChI is InChI=1S/C6H6F4O6S.C5H7ClO6S.C5H5F3O6S.C5H7FO6S/c7-5(8)6(9,10)2-14-4(11)3-1-15-17(12,13)16-3;6-1-2-10-5(7)4-3-11-13(8,9)12-4;6-5(7,8)2-12-4(9)3-1-13-15(10,11)14-3;6-1-2-10-5(7)4-3-11-13(8,9)12-4/h3,5H,1-2H2;4H,1-3H2;3H,1-2H2;4H,1-3H2. The average Bonchev–Trinajstić information content (AvgIpc) is 3.88. The van der Waals surface area contributed by atoms with E-state index in [-0.39, 0.29) is 19.1 Å². The summed E-state index contributed by atoms with van der Waals surface area (Å²) in [5.74, 6) is -9.06. The molecule has 0 spiro atoms. The molecule has 0 aliphatic carbocycles. The first-order valence-electron chi connectivity index (χ1n) is 14.3. The lowest BCUT2D eigenvalue weighted by Crippen LogP contribution is -2.36. The Morgan fingerprint density at radius 3 is 1.09 bits per heavy atom. The summed E-state index contributed by atoms with van der Waals surface area (Å²) in [6.45, 7) is -7.10. The molecule has 0 aromatic carbocycles. The Morgan fingerprint density at radius 2 is 0.845 bits per heavy atom. The lowest BCUT2D eigenvalue weighted by atomic mass is 10.3. The first-order valence-corrected chi connectivity index (χ1v) is 20.1. The third-order valence-corrected chi connectivity index (χ3v) is 8.92. The van der Waals surface area contributed by atoms with Gasteiger partial charge in [0.15, 0.2) is 13.2 Å². The van der Waals surface area contributed by atoms with Gasteiger partial charge >= 0.3 is 84.0 Å². The molecular formula is C21H25ClF8O24S4. The van der Waals surface area contributed by atoms with E-state index < -0.39 is 155 Å². The Balaban J connectivity index is 0.000000389. The highest BCUT2D eigenvalue weighted by atomic mass is 35.5. The van der Waals surface area contributed by atoms with Gasteiger partial charge in [-0.15, -0.1) is 11.6 Å². The predicted molar refractivity (Wildman–Crippen MR) is 157 cm³/mol. The number of alkyl halides is 9. The SMILES string of the molecule is O=C(OCC(F)(F)C(F)F)C1COS(=O)(=O)O1.O=C(OCC(F)(F)F)C1COS(=O)(=O)O1.O=C(OCCCl)C1COS(=O)(=O)O1.O=C(OCCF)C1COS(=O)(=O)O1. The molecule has 0 N–H and O–H groups in total. The molecule has 0 amide bonds. The fourth-order valence-electron chi connectivity index (χ4n) is 2.83. The van der Waals surface area contributed by atoms with Gasteiger partial charge in [-0.25, -0.2) is 65.8 Å². The van der Waals surface area contributed by atoms with Crippen molar-refractivity contribution in [3.05, 3.63) is 0 Å². The summed E-state index contributed by atoms with van der Waals surface area (Å²) in [6, 6.07) is 0. The van der Waals surface area contributed by atoms with Crippen molar-refractivity contribution in [1.82, 2.24) is 0 Å². The predicted octanol–water partition coefficient (Wildman–Crippen LogP) is -1.57. The highest BCUT2D eigenvalue weighted by Crippen LogP contribution is 2.24. The monoisotopic (exact) mass is 976 g/mol. The molecule has 4 aliphatic heterocycles. The molecule has 4 fully saturated rings. The lowest BCUT2D eigenvalue weighted by molar-refractivity contribution is -0.190. The summed E-state index contributed by atoms with van der Waals surface area (Å²) in [5, 5.41) is 0. The van der Waals surface area contributed by atoms with Crippen molar-refractivity contribution >= 4 is 77.1 Å². The zero-order valence-electron chi connectivity index (χ0n) is 27.8. The van der Waals surface area contributed by atoms with Crippen LogP contribution >= 0.6 is 11.6 Å². The largest absolute Gasteiger partial charge is 0.462 e. The number of esters is 4. The van der Waals surface area contributed by atoms with Crippen LogP contribution in [0.25, 0.3) is 0 Å². The number of ether oxygens (including phenoxy) is 4. The average molecular weight is 977 g/mol. The number of hydrogen-bond donors (Lipinski definition) is 0. The van der Waals surface area contributed by atoms with Crippen LogP contribution < -0.4 is 0 Å². The minimum atomic E-state index is -4.67. The van der Waals surface area contributed by atoms with Crippen molar-refractivity contribution in [2.75, 3.05) is 65.4 Å². The maximum absolute atomic E-state index is 12.3. The molecule has 0 saturated carbocycles. The Kier molecular flexibility index (Phi) is 20.7. The van der Waals surface area contributed by atoms with Crippen LogP contribution in [0.5, 0.6) is 0 Å². The molecule has 0 aromatic heterocycles. The van der Waals surface area contributed by atoms with E-state index in [1.165, 1.54) is 0 Å². The second-order valence-corrected chi connectivity index (χ2v) is 15.1. The van der Waals surface area contributed by atoms with E-state index in [4.69, 9.17) is 11.6 Å². The van der Waals surface area contributed by atoms with Gasteiger partial charge in [0, 0.05) is 0 Å². The molecule has 4 atom stereocenters. The van der Waals surface area contributed by atoms with Crippen molar-refractivity contribution in [1.29, 1.82) is 0 Å². The normalized spacial score (nSPS) is 25.1. The van der Waals surface area contributed by atoms with Crippen LogP contribution in [0.1, 0.15) is 0 Å². The van der Waals surface area contributed by atoms with E-state index in [2.05, 4.69) is 52.4 Å². The number of carbonyl (C=O) groups excluding carboxylic acids is 4. The Labute approximate surface area is 325 Å². The van der Waals surface area contributed by atoms with Crippen LogP contribution in [0.15, 0.2) is 0 Å². The molecule has 4 rings (SSSR count). The summed E-state index contributed by atoms with van der Waals surface area (Å²) < 4.78 is 227. The maximum atomic E-state index is 12.3. The van der Waals surface area contributed by atoms with E-state index in [0.717, 1.165) is 0 Å². The number of rotatable bonds is 12. The number of halogens is 9. The fraction of sp³-hybridized carbons (Fsp3) is 0.810. The zero-order chi connectivity index (χ0) is 44.8. The lowest BCUT2D eigenvalue weighted by Gasteiger charge is -2.15. The van der Waals surface area contributed by atoms with Gasteiger partial charge in [0.1, 0.15) is 46.3 Å². The molecule has 340 valence electrons. The Morgan fingerprint density at radius 1 is 0.552 bits per heavy atom. The molecule has 4 heterocycles. The van der Waals surface area contributed by atoms with Gasteiger partial charge in [0.2, 0.25) is 24.4 Å². The summed E-state index contributed by atoms with van der Waals surface area (Å²) in [7, 11) is -16.7. The zero-order valence-corrected chi connectivity index (χ0v) is 31.8. The summed E-state index contributed by atoms with van der Waals surface area (Å²) in [4.78, 5) is 43.5. The van der Waals surface area contributed by atoms with Gasteiger partial charge in [-0.1, -0.05) is 0 Å². The molecule has 4 saturated heterocycles. The Hall–Kier alpha value is -2.91. The van der Waals surface area contributed by atoms with Gasteiger partial charge in [-0.3, -0.25) is 0 Å². The Bertz CT molecular complexity index is 1790. The molecule has 0 aromatic rings. The minimum Gasteiger partial charge on any atom is -0.462 e. The fourth-order valence-corrected chi connectivity index (χ4v) is 5.97. The van der Waals surface area contributed by atoms with E-state index in [1.807, 2.05) is 0 Å². The van der Waals surface area contributed by atoms with E-state index >= 15 is 0 Å². The summed E-state index contributed by atoms with van der Waals surface area (Å²) >= 11 is 5.24. The third kappa shape index (κ3) is 20.9. The van der Waals surface area contributed by atoms with Gasteiger partial charge in [0.05, 0.1) is 5.88 Å². The van der Waals surface area contributed by atoms with Crippen LogP contribution in [-0.2, 0) is 113 Å². The molecule has 58 heavy (non-hydrogen) atoms. The van der Waals surface area contributed by atoms with Crippen LogP contribution in [-0.4, -0.2) is 166 Å². The van der Waals surface area contributed by atoms with Crippen molar-refractivity contribution in [2.24, 2.45) is 0 Å². The molecular weight excluding hydrogens is 952 g/mol. The minimum absolute atomic E-state index is 0.0142. The second-order valence-electron chi connectivity index (χ2n) is 9.72. The molecule has 4 aliphatic rings. The smallest absolute Gasteiger partial charge is 0.422 e. The maximum Gasteiger partial charge on any atom is 0.422 e. The van der Waals surface area contributed by atoms with Crippen molar-refractivity contribution in [3.63, 3.8) is 0 Å². The van der Waals surface area contributed by atoms with Crippen LogP contribution in [0.2, 0.25) is 0 Å². The molecule has 37 heteroatoms. The number of carbonyl (C=O) groups is 4. The molecule has 24 nitrogen and oxygen atoms in total. The highest BCUT2D eigenvalue weighted by molar-refractivity contribution is 7.82. The van der Waals surface area contributed by atoms with Gasteiger partial charge < -0.3 is 18.9 Å². The van der Waals surface area contributed by atoms with Crippen LogP contribution in [0.4, 0.5) is 35.1 Å². The van der Waals surface area contributed by atoms with Crippen molar-refractivity contribution < 1.29 is 140 Å². The van der Waals surface area contributed by atoms with Gasteiger partial charge in [-0.05, 0) is 0 Å². The second kappa shape index (κ2) is 22.6. The first-order chi connectivity index (χ1) is 26.4. The molecule has 0 bridgehead atoms. The third-order valence-electron chi connectivity index (χ3n) is 5.19. The summed E-state index contributed by atoms with van der Waals surface area (Å²) in [5.41, 5.74) is 0. The quantitative estimate of drug-likeness (QED) is 0.0923. The van der Waals surface area contributed by atoms with Gasteiger partial charge in [-0.2, -0.15) is 55.6 Å². The first kappa shape index (κ1) is 53.1. The van der Waals surface area contributed by atoms with Crippen molar-refractivity contribution in [3.8, 4) is 0 Å². The van der Waals surface area contributed by atoms with E-state index in [0.29, 0.717) is 0 Å². The number of hydrogen-bond acceptors (Lipinski definition) is 24. The highest BCUT2D eigenvalue weighted by Gasteiger charge is 2.45. The van der Waals surface area contributed by atoms with Crippen LogP contribution in [0, 0.1) is 0 Å². The van der Waals surface area contributed by atoms with Crippen molar-refractivity contribution in [2.45, 2.75) is 42.9 Å². The topological polar surface area (TPSA) is 316 Å². The van der Waals surface area contributed by atoms with Gasteiger partial charge in [0.25, 0.3) is 0 Å². The molecule has 4 unspecified atom stereocenters. The van der Waals surface area contributed by atoms with Crippen LogP contribution in [0.3, 0.4) is 0 Å². The van der Waals surface area contributed by atoms with E-state index in [1.54, 1.807) is 0 Å². The van der Waals surface area contributed by atoms with E-state index in [9.17, 15) is 88.0 Å².